The molecule has 0 spiro atoms. The first-order chi connectivity index (χ1) is 5.33. The Morgan fingerprint density at radius 2 is 1.73 bits per heavy atom. The van der Waals surface area contributed by atoms with Crippen molar-refractivity contribution in [2.75, 3.05) is 6.61 Å². The number of aliphatic hydroxyl groups excluding tert-OH is 1. The summed E-state index contributed by atoms with van der Waals surface area (Å²) in [6.45, 7) is 0.0382. The van der Waals surface area contributed by atoms with Crippen molar-refractivity contribution in [3.63, 3.8) is 0 Å². The largest absolute Gasteiger partial charge is 0.395 e. The molecule has 0 aliphatic heterocycles. The molecule has 2 nitrogen and oxygen atoms in total. The van der Waals surface area contributed by atoms with Gasteiger partial charge in [-0.25, -0.2) is 0 Å². The van der Waals surface area contributed by atoms with E-state index in [0.717, 1.165) is 32.0 Å². The highest BCUT2D eigenvalue weighted by atomic mass is 16.3. The molecule has 0 atom stereocenters. The maximum Gasteiger partial charge on any atom is 0.128 e. The van der Waals surface area contributed by atoms with Gasteiger partial charge in [0, 0.05) is 5.41 Å². The summed E-state index contributed by atoms with van der Waals surface area (Å²) in [5, 5.41) is 9.04. The Labute approximate surface area is 67.6 Å². The van der Waals surface area contributed by atoms with Crippen LogP contribution in [0.4, 0.5) is 0 Å². The van der Waals surface area contributed by atoms with Gasteiger partial charge in [-0.3, -0.25) is 0 Å². The number of carbonyl (C=O) groups is 1. The van der Waals surface area contributed by atoms with Crippen LogP contribution in [0.2, 0.25) is 0 Å². The van der Waals surface area contributed by atoms with Gasteiger partial charge in [-0.15, -0.1) is 0 Å². The van der Waals surface area contributed by atoms with Gasteiger partial charge in [-0.05, 0) is 12.8 Å². The van der Waals surface area contributed by atoms with E-state index in [0.29, 0.717) is 0 Å². The zero-order chi connectivity index (χ0) is 8.16. The summed E-state index contributed by atoms with van der Waals surface area (Å²) in [4.78, 5) is 10.7. The Morgan fingerprint density at radius 3 is 2.09 bits per heavy atom. The minimum absolute atomic E-state index is 0.0382. The lowest BCUT2D eigenvalue weighted by atomic mass is 9.83. The van der Waals surface area contributed by atoms with E-state index in [-0.39, 0.29) is 12.0 Å². The molecule has 1 aliphatic carbocycles. The fourth-order valence-corrected chi connectivity index (χ4v) is 1.75. The van der Waals surface area contributed by atoms with E-state index >= 15 is 0 Å². The van der Waals surface area contributed by atoms with Crippen molar-refractivity contribution in [2.45, 2.75) is 38.5 Å². The highest BCUT2D eigenvalue weighted by Crippen LogP contribution is 2.32. The van der Waals surface area contributed by atoms with Crippen LogP contribution >= 0.6 is 0 Å². The maximum absolute atomic E-state index is 10.7. The molecule has 0 unspecified atom stereocenters. The van der Waals surface area contributed by atoms with Gasteiger partial charge in [0.05, 0.1) is 6.61 Å². The number of hydrogen-bond acceptors (Lipinski definition) is 2. The maximum atomic E-state index is 10.7. The number of aldehydes is 1. The van der Waals surface area contributed by atoms with Crippen LogP contribution in [0.3, 0.4) is 0 Å². The molecule has 11 heavy (non-hydrogen) atoms. The molecule has 0 saturated heterocycles. The summed E-state index contributed by atoms with van der Waals surface area (Å²) in [7, 11) is 0. The third-order valence-electron chi connectivity index (χ3n) is 2.66. The summed E-state index contributed by atoms with van der Waals surface area (Å²) < 4.78 is 0. The van der Waals surface area contributed by atoms with Gasteiger partial charge in [0.15, 0.2) is 0 Å². The summed E-state index contributed by atoms with van der Waals surface area (Å²) >= 11 is 0. The smallest absolute Gasteiger partial charge is 0.128 e. The van der Waals surface area contributed by atoms with Crippen LogP contribution in [-0.2, 0) is 4.79 Å². The fourth-order valence-electron chi connectivity index (χ4n) is 1.75. The first-order valence-electron chi connectivity index (χ1n) is 4.40. The molecular weight excluding hydrogens is 140 g/mol. The number of rotatable bonds is 2. The van der Waals surface area contributed by atoms with Crippen molar-refractivity contribution in [3.05, 3.63) is 0 Å². The number of aliphatic hydroxyl groups is 1. The average Bonchev–Trinajstić information content (AvgIpc) is 2.30. The molecule has 64 valence electrons. The van der Waals surface area contributed by atoms with Crippen molar-refractivity contribution in [3.8, 4) is 0 Å². The predicted octanol–water partition coefficient (Wildman–Crippen LogP) is 1.52. The van der Waals surface area contributed by atoms with E-state index in [1.807, 2.05) is 0 Å². The Hall–Kier alpha value is -0.370. The molecule has 0 aromatic carbocycles. The molecular formula is C9H16O2. The van der Waals surface area contributed by atoms with Gasteiger partial charge in [0.1, 0.15) is 6.29 Å². The van der Waals surface area contributed by atoms with Crippen molar-refractivity contribution >= 4 is 6.29 Å². The second-order valence-corrected chi connectivity index (χ2v) is 3.55. The van der Waals surface area contributed by atoms with Crippen LogP contribution in [0.1, 0.15) is 38.5 Å². The van der Waals surface area contributed by atoms with Gasteiger partial charge >= 0.3 is 0 Å². The highest BCUT2D eigenvalue weighted by molar-refractivity contribution is 5.59. The van der Waals surface area contributed by atoms with E-state index in [4.69, 9.17) is 5.11 Å². The molecule has 0 bridgehead atoms. The highest BCUT2D eigenvalue weighted by Gasteiger charge is 2.29. The van der Waals surface area contributed by atoms with Crippen molar-refractivity contribution in [2.24, 2.45) is 5.41 Å². The monoisotopic (exact) mass is 156 g/mol. The third-order valence-corrected chi connectivity index (χ3v) is 2.66. The average molecular weight is 156 g/mol. The molecule has 1 N–H and O–H groups in total. The molecule has 0 heterocycles. The van der Waals surface area contributed by atoms with Gasteiger partial charge in [-0.1, -0.05) is 25.7 Å². The predicted molar refractivity (Wildman–Crippen MR) is 43.3 cm³/mol. The lowest BCUT2D eigenvalue weighted by Gasteiger charge is -2.22. The second-order valence-electron chi connectivity index (χ2n) is 3.55. The van der Waals surface area contributed by atoms with Crippen LogP contribution in [0.5, 0.6) is 0 Å². The molecule has 0 aromatic rings. The molecule has 0 aromatic heterocycles. The van der Waals surface area contributed by atoms with E-state index in [1.54, 1.807) is 0 Å². The van der Waals surface area contributed by atoms with Gasteiger partial charge < -0.3 is 9.90 Å². The lowest BCUT2D eigenvalue weighted by molar-refractivity contribution is -0.119. The van der Waals surface area contributed by atoms with Crippen molar-refractivity contribution in [1.82, 2.24) is 0 Å². The van der Waals surface area contributed by atoms with Crippen LogP contribution in [-0.4, -0.2) is 18.0 Å². The van der Waals surface area contributed by atoms with E-state index < -0.39 is 0 Å². The Kier molecular flexibility index (Phi) is 3.06. The zero-order valence-corrected chi connectivity index (χ0v) is 6.88. The molecule has 2 heteroatoms. The summed E-state index contributed by atoms with van der Waals surface area (Å²) in [6, 6.07) is 0. The number of carbonyl (C=O) groups excluding carboxylic acids is 1. The second kappa shape index (κ2) is 3.86. The molecule has 1 rings (SSSR count). The van der Waals surface area contributed by atoms with Gasteiger partial charge in [-0.2, -0.15) is 0 Å². The third kappa shape index (κ3) is 2.03. The lowest BCUT2D eigenvalue weighted by Crippen LogP contribution is -2.26. The normalized spacial score (nSPS) is 24.1. The fraction of sp³-hybridized carbons (Fsp3) is 0.889. The minimum Gasteiger partial charge on any atom is -0.395 e. The molecule has 0 radical (unpaired) electrons. The molecule has 1 aliphatic rings. The van der Waals surface area contributed by atoms with E-state index in [2.05, 4.69) is 0 Å². The van der Waals surface area contributed by atoms with Crippen molar-refractivity contribution < 1.29 is 9.90 Å². The van der Waals surface area contributed by atoms with Gasteiger partial charge in [0.2, 0.25) is 0 Å². The first-order valence-corrected chi connectivity index (χ1v) is 4.40. The SMILES string of the molecule is O=CC1(CO)CCCCCC1. The topological polar surface area (TPSA) is 37.3 Å². The Bertz CT molecular complexity index is 124. The Morgan fingerprint density at radius 1 is 1.18 bits per heavy atom. The minimum atomic E-state index is -0.378. The van der Waals surface area contributed by atoms with Crippen molar-refractivity contribution in [1.29, 1.82) is 0 Å². The molecule has 0 amide bonds. The van der Waals surface area contributed by atoms with Gasteiger partial charge in [0.25, 0.3) is 0 Å². The summed E-state index contributed by atoms with van der Waals surface area (Å²) in [6.07, 6.45) is 7.35. The Balaban J connectivity index is 2.55. The van der Waals surface area contributed by atoms with Crippen LogP contribution in [0, 0.1) is 5.41 Å². The number of hydrogen-bond donors (Lipinski definition) is 1. The quantitative estimate of drug-likeness (QED) is 0.486. The zero-order valence-electron chi connectivity index (χ0n) is 6.88. The molecule has 1 saturated carbocycles. The first kappa shape index (κ1) is 8.72. The van der Waals surface area contributed by atoms with Crippen LogP contribution in [0.25, 0.3) is 0 Å². The summed E-state index contributed by atoms with van der Waals surface area (Å²) in [5.74, 6) is 0. The standard InChI is InChI=1S/C9H16O2/c10-7-9(8-11)5-3-1-2-4-6-9/h7,11H,1-6,8H2. The van der Waals surface area contributed by atoms with E-state index in [1.165, 1.54) is 12.8 Å². The summed E-state index contributed by atoms with van der Waals surface area (Å²) in [5.41, 5.74) is -0.378. The van der Waals surface area contributed by atoms with Crippen LogP contribution in [0.15, 0.2) is 0 Å². The van der Waals surface area contributed by atoms with Crippen LogP contribution < -0.4 is 0 Å². The molecule has 1 fully saturated rings. The van der Waals surface area contributed by atoms with E-state index in [9.17, 15) is 4.79 Å².